The summed E-state index contributed by atoms with van der Waals surface area (Å²) in [4.78, 5) is 238. The van der Waals surface area contributed by atoms with Gasteiger partial charge >= 0.3 is 24.1 Å². The zero-order chi connectivity index (χ0) is 89.0. The van der Waals surface area contributed by atoms with Crippen molar-refractivity contribution in [2.75, 3.05) is 62.3 Å². The van der Waals surface area contributed by atoms with Crippen LogP contribution in [-0.2, 0) is 94.3 Å². The van der Waals surface area contributed by atoms with Gasteiger partial charge in [-0.05, 0) is 87.5 Å². The van der Waals surface area contributed by atoms with Crippen LogP contribution in [0, 0.1) is 10.8 Å². The molecule has 0 aliphatic carbocycles. The summed E-state index contributed by atoms with van der Waals surface area (Å²) in [6.45, 7) is -1.28. The second-order valence-corrected chi connectivity index (χ2v) is 33.1. The molecule has 7 rings (SSSR count). The van der Waals surface area contributed by atoms with E-state index in [1.807, 2.05) is 0 Å². The van der Waals surface area contributed by atoms with Crippen LogP contribution in [-0.4, -0.2) is 276 Å². The van der Waals surface area contributed by atoms with Gasteiger partial charge in [0.05, 0.1) is 25.9 Å². The number of aromatic nitrogens is 2. The topological polar surface area (TPSA) is 685 Å². The highest BCUT2D eigenvalue weighted by atomic mass is 33.1. The van der Waals surface area contributed by atoms with E-state index in [-0.39, 0.29) is 138 Å². The molecule has 0 bridgehead atoms. The van der Waals surface area contributed by atoms with Gasteiger partial charge in [0.2, 0.25) is 82.7 Å². The van der Waals surface area contributed by atoms with E-state index in [0.29, 0.717) is 45.8 Å². The van der Waals surface area contributed by atoms with E-state index in [1.165, 1.54) is 9.80 Å². The van der Waals surface area contributed by atoms with Gasteiger partial charge < -0.3 is 122 Å². The standard InChI is InChI=1S/C70H98N22O18S4.C2HF3O2/c71-59(101)49-35-113-111-25-19-54(94)84-44(16-6-8-22-78-70(75)76)62(104)82-34-56(96)86-46(30-58(99)100)64(106)88-48(28-38-32-80-42-14-4-2-12-40(38)42)68(110)92-24-10-18-52(92)66(108)90-50(60(72)102)36-114-112-26-20-53(93)83-43(15-5-7-21-77-69(73)74)61(103)81-33-55(95)85-45(29-57(97)98)63(105)87-47(27-37-31-79-41-13-3-1-11-39(37)41)67(109)91-23-9-17-51(91)65(107)89-49;3-2(4,5)1(6)7/h1-4,11-14,31-32,43-52,79-80H,5-10,15-30,33-36H2,(H2,71,101)(H2,72,102)(H,81,103)(H,82,104)(H,83,93)(H,84,94)(H,85,95)(H,86,96)(H,87,105)(H,88,106)(H,89,107)(H,90,108)(H,97,98)(H,99,100)(H4,73,74,77)(H4,75,76,78);(H,6,7)/t43-,44-,45-,46-,47-,48-,49-,50-,51-,52-;/m0./s1. The predicted octanol–water partition coefficient (Wildman–Crippen LogP) is -3.06. The number of aromatic amines is 2. The molecule has 2 aromatic heterocycles. The zero-order valence-corrected chi connectivity index (χ0v) is 68.5. The van der Waals surface area contributed by atoms with Crippen LogP contribution in [0.25, 0.3) is 21.8 Å². The number of H-pyrrole nitrogens is 2. The number of nitrogens with zero attached hydrogens (tertiary/aromatic N) is 2. The molecule has 42 nitrogen and oxygen atoms in total. The number of hydrogen-bond acceptors (Lipinski definition) is 23. The average Bonchev–Trinajstić information content (AvgIpc) is 1.67. The summed E-state index contributed by atoms with van der Waals surface area (Å²) in [7, 11) is 4.29. The number of amides is 14. The first-order valence-corrected chi connectivity index (χ1v) is 43.0. The van der Waals surface area contributed by atoms with Gasteiger partial charge in [0.15, 0.2) is 11.9 Å². The van der Waals surface area contributed by atoms with Crippen molar-refractivity contribution in [1.29, 1.82) is 10.8 Å². The van der Waals surface area contributed by atoms with Crippen molar-refractivity contribution in [2.45, 2.75) is 169 Å². The van der Waals surface area contributed by atoms with Crippen molar-refractivity contribution in [3.63, 3.8) is 0 Å². The number of hydrogen-bond donors (Lipinski definition) is 23. The number of carboxylic acids is 3. The SMILES string of the molecule is N=C(N)NCCCC[C@@H]1NC(=O)CCSSC[C@@H](C(N)=O)NC(=O)[C@@H]2CCCN2C(=O)[C@H](Cc2c[nH]c3ccccc23)NC(=O)[C@H](CC(=O)O)NC(=O)CNC(=O)[C@H](CCCCNC(=N)N)NC(=O)CCSSC[C@@H](C(N)=O)NC(=O)[C@@H]2CCCN2C(=O)[C@H](Cc2c[nH]c3ccccc23)NC(=O)[C@H](CC(=O)O)NC(=O)CNC1=O.O=C(O)C(F)(F)F. The summed E-state index contributed by atoms with van der Waals surface area (Å²) in [6.07, 6.45) is -2.81. The van der Waals surface area contributed by atoms with Gasteiger partial charge in [-0.25, -0.2) is 4.79 Å². The number of primary amides is 2. The smallest absolute Gasteiger partial charge is 0.481 e. The van der Waals surface area contributed by atoms with Crippen molar-refractivity contribution in [3.8, 4) is 0 Å². The Morgan fingerprint density at radius 2 is 0.835 bits per heavy atom. The Morgan fingerprint density at radius 3 is 1.18 bits per heavy atom. The van der Waals surface area contributed by atoms with Gasteiger partial charge in [-0.3, -0.25) is 87.5 Å². The number of carbonyl (C=O) groups is 17. The number of carbonyl (C=O) groups excluding carboxylic acids is 14. The van der Waals surface area contributed by atoms with Gasteiger partial charge in [0.1, 0.15) is 60.4 Å². The minimum Gasteiger partial charge on any atom is -0.481 e. The Hall–Kier alpha value is -11.8. The third-order valence-electron chi connectivity index (χ3n) is 18.8. The molecular weight excluding hydrogens is 1680 g/mol. The van der Waals surface area contributed by atoms with Gasteiger partial charge in [0, 0.05) is 109 Å². The normalized spacial score (nSPS) is 22.9. The summed E-state index contributed by atoms with van der Waals surface area (Å²) in [5.41, 5.74) is 24.8. The number of nitrogens with one attached hydrogen (secondary N) is 16. The lowest BCUT2D eigenvalue weighted by Crippen LogP contribution is -2.59. The molecule has 5 heterocycles. The first-order chi connectivity index (χ1) is 57.4. The summed E-state index contributed by atoms with van der Waals surface area (Å²) < 4.78 is 31.7. The van der Waals surface area contributed by atoms with E-state index >= 15 is 0 Å². The number of fused-ring (bicyclic) bond motifs is 4. The molecular formula is C72H99F3N22O20S4. The zero-order valence-electron chi connectivity index (χ0n) is 65.2. The number of rotatable bonds is 20. The second kappa shape index (κ2) is 49.1. The molecule has 0 saturated carbocycles. The van der Waals surface area contributed by atoms with Crippen LogP contribution in [0.3, 0.4) is 0 Å². The molecule has 10 atom stereocenters. The first kappa shape index (κ1) is 98.1. The lowest BCUT2D eigenvalue weighted by molar-refractivity contribution is -0.192. The molecule has 0 spiro atoms. The Bertz CT molecular complexity index is 4150. The van der Waals surface area contributed by atoms with E-state index in [4.69, 9.17) is 43.7 Å². The summed E-state index contributed by atoms with van der Waals surface area (Å²) in [5, 5.41) is 73.9. The highest BCUT2D eigenvalue weighted by molar-refractivity contribution is 8.77. The molecule has 49 heteroatoms. The van der Waals surface area contributed by atoms with E-state index in [0.717, 1.165) is 43.2 Å². The molecule has 3 saturated heterocycles. The van der Waals surface area contributed by atoms with E-state index in [2.05, 4.69) is 73.8 Å². The number of halogens is 3. The van der Waals surface area contributed by atoms with Crippen LogP contribution in [0.4, 0.5) is 13.2 Å². The highest BCUT2D eigenvalue weighted by Crippen LogP contribution is 2.29. The second-order valence-electron chi connectivity index (χ2n) is 27.9. The average molecular weight is 1780 g/mol. The molecule has 2 aromatic carbocycles. The fraction of sp³-hybridized carbons (Fsp3) is 0.514. The van der Waals surface area contributed by atoms with Crippen LogP contribution in [0.5, 0.6) is 0 Å². The fourth-order valence-corrected chi connectivity index (χ4v) is 17.2. The summed E-state index contributed by atoms with van der Waals surface area (Å²) in [6, 6.07) is -0.442. The van der Waals surface area contributed by atoms with E-state index in [9.17, 15) is 100 Å². The number of guanidine groups is 2. The van der Waals surface area contributed by atoms with Gasteiger partial charge in [-0.15, -0.1) is 0 Å². The maximum absolute atomic E-state index is 14.9. The lowest BCUT2D eigenvalue weighted by Gasteiger charge is -2.30. The number of unbranched alkanes of at least 4 members (excludes halogenated alkanes) is 2. The van der Waals surface area contributed by atoms with E-state index in [1.54, 1.807) is 60.9 Å². The molecule has 0 unspecified atom stereocenters. The Labute approximate surface area is 704 Å². The lowest BCUT2D eigenvalue weighted by atomic mass is 10.0. The molecule has 3 aliphatic rings. The van der Waals surface area contributed by atoms with Gasteiger partial charge in [-0.1, -0.05) is 79.6 Å². The van der Waals surface area contributed by atoms with Crippen molar-refractivity contribution < 1.29 is 110 Å². The monoisotopic (exact) mass is 1780 g/mol. The quantitative estimate of drug-likeness (QED) is 0.0181. The fourth-order valence-electron chi connectivity index (χ4n) is 12.8. The van der Waals surface area contributed by atoms with Crippen molar-refractivity contribution >= 4 is 178 Å². The number of carboxylic acid groups (broad SMARTS) is 3. The van der Waals surface area contributed by atoms with Crippen LogP contribution in [0.15, 0.2) is 60.9 Å². The van der Waals surface area contributed by atoms with Gasteiger partial charge in [-0.2, -0.15) is 13.2 Å². The molecule has 662 valence electrons. The predicted molar refractivity (Wildman–Crippen MR) is 438 cm³/mol. The van der Waals surface area contributed by atoms with Gasteiger partial charge in [0.25, 0.3) is 0 Å². The molecule has 121 heavy (non-hydrogen) atoms. The minimum atomic E-state index is -5.08. The first-order valence-electron chi connectivity index (χ1n) is 38.0. The number of aliphatic carboxylic acids is 3. The highest BCUT2D eigenvalue weighted by Gasteiger charge is 2.43. The van der Waals surface area contributed by atoms with Crippen molar-refractivity contribution in [2.24, 2.45) is 22.9 Å². The van der Waals surface area contributed by atoms with Crippen molar-refractivity contribution in [3.05, 3.63) is 72.1 Å². The van der Waals surface area contributed by atoms with E-state index < -0.39 is 193 Å². The number of benzene rings is 2. The molecule has 3 fully saturated rings. The maximum atomic E-state index is 14.9. The third-order valence-corrected chi connectivity index (χ3v) is 23.6. The third kappa shape index (κ3) is 33.1. The van der Waals surface area contributed by atoms with Crippen LogP contribution in [0.2, 0.25) is 0 Å². The maximum Gasteiger partial charge on any atom is 0.490 e. The minimum absolute atomic E-state index is 0.00530. The molecule has 3 aliphatic heterocycles. The number of nitrogens with two attached hydrogens (primary N) is 4. The number of para-hydroxylation sites is 2. The Kier molecular flexibility index (Phi) is 39.8. The van der Waals surface area contributed by atoms with Crippen LogP contribution < -0.4 is 86.7 Å². The largest absolute Gasteiger partial charge is 0.490 e. The van der Waals surface area contributed by atoms with Crippen molar-refractivity contribution in [1.82, 2.24) is 83.6 Å². The summed E-state index contributed by atoms with van der Waals surface area (Å²) in [5.74, 6) is -19.1. The molecule has 14 amide bonds. The Balaban J connectivity index is 0.00000310. The summed E-state index contributed by atoms with van der Waals surface area (Å²) >= 11 is 0. The molecule has 0 radical (unpaired) electrons. The Morgan fingerprint density at radius 1 is 0.471 bits per heavy atom. The van der Waals surface area contributed by atoms with Crippen LogP contribution >= 0.6 is 43.2 Å². The van der Waals surface area contributed by atoms with Crippen LogP contribution in [0.1, 0.15) is 101 Å². The number of alkyl halides is 3. The molecule has 4 aromatic rings. The molecule has 27 N–H and O–H groups in total.